The zero-order valence-electron chi connectivity index (χ0n) is 16.3. The lowest BCUT2D eigenvalue weighted by molar-refractivity contribution is -0.0361. The van der Waals surface area contributed by atoms with Crippen LogP contribution in [0.4, 0.5) is 0 Å². The van der Waals surface area contributed by atoms with E-state index in [0.717, 1.165) is 44.7 Å². The van der Waals surface area contributed by atoms with Gasteiger partial charge < -0.3 is 10.1 Å². The average molecular weight is 383 g/mol. The molecule has 2 aromatic rings. The molecule has 1 saturated carbocycles. The molecule has 7 heteroatoms. The summed E-state index contributed by atoms with van der Waals surface area (Å²) in [6, 6.07) is 10.1. The Bertz CT molecular complexity index is 764. The van der Waals surface area contributed by atoms with Gasteiger partial charge in [-0.2, -0.15) is 0 Å². The van der Waals surface area contributed by atoms with Crippen LogP contribution in [0, 0.1) is 0 Å². The number of ether oxygens (including phenoxy) is 1. The van der Waals surface area contributed by atoms with Crippen LogP contribution in [0.5, 0.6) is 0 Å². The number of amides is 1. The van der Waals surface area contributed by atoms with Crippen molar-refractivity contribution >= 4 is 5.91 Å². The van der Waals surface area contributed by atoms with Crippen LogP contribution in [0.2, 0.25) is 0 Å². The number of hydrogen-bond donors (Lipinski definition) is 1. The van der Waals surface area contributed by atoms with E-state index in [0.29, 0.717) is 18.8 Å². The summed E-state index contributed by atoms with van der Waals surface area (Å²) in [6.07, 6.45) is 7.72. The topological polar surface area (TPSA) is 72.3 Å². The quantitative estimate of drug-likeness (QED) is 0.827. The molecule has 2 heterocycles. The van der Waals surface area contributed by atoms with Gasteiger partial charge in [0.05, 0.1) is 26.0 Å². The van der Waals surface area contributed by atoms with E-state index >= 15 is 0 Å². The van der Waals surface area contributed by atoms with Crippen molar-refractivity contribution in [2.75, 3.05) is 32.8 Å². The van der Waals surface area contributed by atoms with Crippen molar-refractivity contribution in [1.29, 1.82) is 0 Å². The van der Waals surface area contributed by atoms with Gasteiger partial charge in [-0.05, 0) is 18.4 Å². The third-order valence-corrected chi connectivity index (χ3v) is 6.00. The van der Waals surface area contributed by atoms with Gasteiger partial charge in [-0.1, -0.05) is 54.8 Å². The lowest BCUT2D eigenvalue weighted by atomic mass is 9.79. The molecule has 1 aliphatic heterocycles. The lowest BCUT2D eigenvalue weighted by Gasteiger charge is -2.48. The number of morpholine rings is 1. The Labute approximate surface area is 166 Å². The van der Waals surface area contributed by atoms with E-state index in [9.17, 15) is 4.79 Å². The van der Waals surface area contributed by atoms with E-state index in [4.69, 9.17) is 4.74 Å². The van der Waals surface area contributed by atoms with Crippen LogP contribution in [-0.4, -0.2) is 64.2 Å². The highest BCUT2D eigenvalue weighted by Gasteiger charge is 2.39. The van der Waals surface area contributed by atoms with Crippen LogP contribution < -0.4 is 5.32 Å². The van der Waals surface area contributed by atoms with Crippen molar-refractivity contribution in [1.82, 2.24) is 25.2 Å². The maximum atomic E-state index is 12.7. The molecule has 1 amide bonds. The average Bonchev–Trinajstić information content (AvgIpc) is 3.23. The van der Waals surface area contributed by atoms with Crippen molar-refractivity contribution in [3.63, 3.8) is 0 Å². The standard InChI is InChI=1S/C21H29N5O2/c27-20(19-16-26(24-23-19)15-18-7-3-1-4-8-18)22-17-21(9-5-2-6-10-21)25-11-13-28-14-12-25/h1,3-4,7-8,16H,2,5-6,9-15,17H2,(H,22,27). The second-order valence-corrected chi connectivity index (χ2v) is 7.85. The highest BCUT2D eigenvalue weighted by molar-refractivity contribution is 5.91. The molecule has 0 unspecified atom stereocenters. The Morgan fingerprint density at radius 3 is 2.61 bits per heavy atom. The Kier molecular flexibility index (Phi) is 6.02. The third-order valence-electron chi connectivity index (χ3n) is 6.00. The summed E-state index contributed by atoms with van der Waals surface area (Å²) < 4.78 is 7.24. The van der Waals surface area contributed by atoms with Crippen LogP contribution in [0.3, 0.4) is 0 Å². The van der Waals surface area contributed by atoms with E-state index in [1.165, 1.54) is 19.3 Å². The first-order valence-electron chi connectivity index (χ1n) is 10.3. The molecular weight excluding hydrogens is 354 g/mol. The number of carbonyl (C=O) groups is 1. The van der Waals surface area contributed by atoms with Gasteiger partial charge in [0.25, 0.3) is 5.91 Å². The van der Waals surface area contributed by atoms with Gasteiger partial charge in [0.15, 0.2) is 5.69 Å². The molecule has 0 spiro atoms. The number of carbonyl (C=O) groups excluding carboxylic acids is 1. The molecule has 0 bridgehead atoms. The molecule has 1 N–H and O–H groups in total. The number of aromatic nitrogens is 3. The third kappa shape index (κ3) is 4.42. The van der Waals surface area contributed by atoms with Gasteiger partial charge >= 0.3 is 0 Å². The van der Waals surface area contributed by atoms with Crippen LogP contribution in [0.1, 0.15) is 48.2 Å². The van der Waals surface area contributed by atoms with Crippen molar-refractivity contribution in [2.45, 2.75) is 44.2 Å². The van der Waals surface area contributed by atoms with E-state index in [2.05, 4.69) is 20.5 Å². The fourth-order valence-electron chi connectivity index (χ4n) is 4.44. The first kappa shape index (κ1) is 19.1. The molecular formula is C21H29N5O2. The minimum Gasteiger partial charge on any atom is -0.379 e. The monoisotopic (exact) mass is 383 g/mol. The summed E-state index contributed by atoms with van der Waals surface area (Å²) in [5.74, 6) is -0.141. The minimum absolute atomic E-state index is 0.0533. The van der Waals surface area contributed by atoms with Gasteiger partial charge in [-0.25, -0.2) is 4.68 Å². The van der Waals surface area contributed by atoms with Gasteiger partial charge in [0.2, 0.25) is 0 Å². The van der Waals surface area contributed by atoms with Gasteiger partial charge in [0.1, 0.15) is 0 Å². The van der Waals surface area contributed by atoms with Crippen LogP contribution in [0.15, 0.2) is 36.5 Å². The van der Waals surface area contributed by atoms with Crippen LogP contribution in [0.25, 0.3) is 0 Å². The molecule has 1 aliphatic carbocycles. The predicted octanol–water partition coefficient (Wildman–Crippen LogP) is 2.09. The molecule has 1 saturated heterocycles. The largest absolute Gasteiger partial charge is 0.379 e. The molecule has 28 heavy (non-hydrogen) atoms. The first-order chi connectivity index (χ1) is 13.8. The zero-order valence-corrected chi connectivity index (χ0v) is 16.3. The molecule has 2 aliphatic rings. The Balaban J connectivity index is 1.38. The van der Waals surface area contributed by atoms with Crippen LogP contribution in [-0.2, 0) is 11.3 Å². The van der Waals surface area contributed by atoms with Crippen molar-refractivity contribution in [3.8, 4) is 0 Å². The SMILES string of the molecule is O=C(NCC1(N2CCOCC2)CCCCC1)c1cn(Cc2ccccc2)nn1. The summed E-state index contributed by atoms with van der Waals surface area (Å²) >= 11 is 0. The molecule has 150 valence electrons. The van der Waals surface area contributed by atoms with E-state index in [1.54, 1.807) is 10.9 Å². The number of rotatable bonds is 6. The predicted molar refractivity (Wildman–Crippen MR) is 106 cm³/mol. The summed E-state index contributed by atoms with van der Waals surface area (Å²) in [5.41, 5.74) is 1.56. The second-order valence-electron chi connectivity index (χ2n) is 7.85. The number of nitrogens with zero attached hydrogens (tertiary/aromatic N) is 4. The van der Waals surface area contributed by atoms with Crippen LogP contribution >= 0.6 is 0 Å². The fourth-order valence-corrected chi connectivity index (χ4v) is 4.44. The van der Waals surface area contributed by atoms with Crippen molar-refractivity contribution in [2.24, 2.45) is 0 Å². The molecule has 0 radical (unpaired) electrons. The maximum absolute atomic E-state index is 12.7. The summed E-state index contributed by atoms with van der Waals surface area (Å²) in [5, 5.41) is 11.3. The highest BCUT2D eigenvalue weighted by Crippen LogP contribution is 2.33. The smallest absolute Gasteiger partial charge is 0.273 e. The highest BCUT2D eigenvalue weighted by atomic mass is 16.5. The van der Waals surface area contributed by atoms with Gasteiger partial charge in [-0.3, -0.25) is 9.69 Å². The number of benzene rings is 1. The van der Waals surface area contributed by atoms with Gasteiger partial charge in [-0.15, -0.1) is 5.10 Å². The zero-order chi connectivity index (χ0) is 19.2. The first-order valence-corrected chi connectivity index (χ1v) is 10.3. The summed E-state index contributed by atoms with van der Waals surface area (Å²) in [7, 11) is 0. The molecule has 2 fully saturated rings. The van der Waals surface area contributed by atoms with Gasteiger partial charge in [0, 0.05) is 25.2 Å². The molecule has 7 nitrogen and oxygen atoms in total. The minimum atomic E-state index is -0.141. The molecule has 1 aromatic heterocycles. The van der Waals surface area contributed by atoms with E-state index in [-0.39, 0.29) is 11.4 Å². The van der Waals surface area contributed by atoms with E-state index in [1.807, 2.05) is 30.3 Å². The van der Waals surface area contributed by atoms with Crippen molar-refractivity contribution in [3.05, 3.63) is 47.8 Å². The number of hydrogen-bond acceptors (Lipinski definition) is 5. The fraction of sp³-hybridized carbons (Fsp3) is 0.571. The molecule has 1 aromatic carbocycles. The summed E-state index contributed by atoms with van der Waals surface area (Å²) in [6.45, 7) is 4.73. The Morgan fingerprint density at radius 1 is 1.11 bits per heavy atom. The summed E-state index contributed by atoms with van der Waals surface area (Å²) in [4.78, 5) is 15.2. The Morgan fingerprint density at radius 2 is 1.86 bits per heavy atom. The van der Waals surface area contributed by atoms with Crippen molar-refractivity contribution < 1.29 is 9.53 Å². The number of nitrogens with one attached hydrogen (secondary N) is 1. The molecule has 0 atom stereocenters. The molecule has 4 rings (SSSR count). The Hall–Kier alpha value is -2.25. The normalized spacial score (nSPS) is 20.0. The second kappa shape index (κ2) is 8.84. The lowest BCUT2D eigenvalue weighted by Crippen LogP contribution is -2.59. The van der Waals surface area contributed by atoms with E-state index < -0.39 is 0 Å². The maximum Gasteiger partial charge on any atom is 0.273 e.